The molecule has 2 aliphatic heterocycles. The van der Waals surface area contributed by atoms with Crippen molar-refractivity contribution in [2.45, 2.75) is 50.3 Å². The SMILES string of the molecule is CCOC(=O)CN([C@H]1CC2=C(c3ccn(C(F)F)n3)[C@H](c3ccc(F)cc3Cl)N=C(c3nccs3)N2C1)S(=O)(=O)c1cnn(CC(=O)OCC)c1. The lowest BCUT2D eigenvalue weighted by Gasteiger charge is -2.32. The van der Waals surface area contributed by atoms with Gasteiger partial charge in [0.05, 0.1) is 25.1 Å². The van der Waals surface area contributed by atoms with Crippen molar-refractivity contribution in [3.05, 3.63) is 87.2 Å². The molecule has 2 atom stereocenters. The Balaban J connectivity index is 1.49. The predicted molar refractivity (Wildman–Crippen MR) is 178 cm³/mol. The molecule has 0 unspecified atom stereocenters. The Hall–Kier alpha value is -4.59. The van der Waals surface area contributed by atoms with Gasteiger partial charge in [-0.2, -0.15) is 23.3 Å². The number of aromatic nitrogens is 5. The molecule has 20 heteroatoms. The largest absolute Gasteiger partial charge is 0.465 e. The van der Waals surface area contributed by atoms with E-state index in [-0.39, 0.29) is 48.3 Å². The second-order valence-corrected chi connectivity index (χ2v) is 14.4. The minimum atomic E-state index is -4.49. The predicted octanol–water partition coefficient (Wildman–Crippen LogP) is 4.53. The molecule has 4 aromatic rings. The van der Waals surface area contributed by atoms with E-state index in [1.165, 1.54) is 29.5 Å². The third kappa shape index (κ3) is 7.42. The zero-order valence-corrected chi connectivity index (χ0v) is 29.4. The summed E-state index contributed by atoms with van der Waals surface area (Å²) < 4.78 is 83.0. The molecule has 14 nitrogen and oxygen atoms in total. The average Bonchev–Trinajstić information content (AvgIpc) is 3.91. The molecule has 0 spiro atoms. The van der Waals surface area contributed by atoms with Crippen molar-refractivity contribution in [3.8, 4) is 0 Å². The number of hydrogen-bond donors (Lipinski definition) is 0. The topological polar surface area (TPSA) is 154 Å². The van der Waals surface area contributed by atoms with Gasteiger partial charge in [-0.1, -0.05) is 17.7 Å². The fourth-order valence-electron chi connectivity index (χ4n) is 5.91. The summed E-state index contributed by atoms with van der Waals surface area (Å²) in [5.41, 5.74) is 1.21. The molecule has 0 saturated carbocycles. The fourth-order valence-corrected chi connectivity index (χ4v) is 8.34. The first-order chi connectivity index (χ1) is 24.4. The molecule has 5 heterocycles. The summed E-state index contributed by atoms with van der Waals surface area (Å²) >= 11 is 7.81. The number of aliphatic imine (C=N–C) groups is 1. The van der Waals surface area contributed by atoms with Gasteiger partial charge in [0.15, 0.2) is 10.8 Å². The van der Waals surface area contributed by atoms with Gasteiger partial charge in [-0.3, -0.25) is 19.3 Å². The molecule has 1 fully saturated rings. The van der Waals surface area contributed by atoms with Gasteiger partial charge in [0.1, 0.15) is 29.8 Å². The van der Waals surface area contributed by atoms with Crippen molar-refractivity contribution < 1.29 is 40.7 Å². The van der Waals surface area contributed by atoms with Gasteiger partial charge in [0.2, 0.25) is 10.0 Å². The van der Waals surface area contributed by atoms with Crippen molar-refractivity contribution in [1.82, 2.24) is 33.8 Å². The van der Waals surface area contributed by atoms with Crippen LogP contribution in [0.25, 0.3) is 5.57 Å². The van der Waals surface area contributed by atoms with E-state index >= 15 is 0 Å². The van der Waals surface area contributed by atoms with Crippen LogP contribution in [0.1, 0.15) is 49.1 Å². The average molecular weight is 767 g/mol. The molecule has 0 bridgehead atoms. The van der Waals surface area contributed by atoms with E-state index in [2.05, 4.69) is 15.2 Å². The Morgan fingerprint density at radius 1 is 1.16 bits per heavy atom. The second-order valence-electron chi connectivity index (χ2n) is 11.2. The lowest BCUT2D eigenvalue weighted by atomic mass is 9.92. The summed E-state index contributed by atoms with van der Waals surface area (Å²) in [4.78, 5) is 35.8. The van der Waals surface area contributed by atoms with Crippen LogP contribution in [-0.2, 0) is 35.6 Å². The van der Waals surface area contributed by atoms with Crippen LogP contribution in [-0.4, -0.2) is 92.3 Å². The molecular formula is C31H30ClF3N8O6S2. The highest BCUT2D eigenvalue weighted by atomic mass is 35.5. The summed E-state index contributed by atoms with van der Waals surface area (Å²) in [6.45, 7) is -0.714. The minimum absolute atomic E-state index is 0.00988. The maximum absolute atomic E-state index is 14.3. The number of fused-ring (bicyclic) bond motifs is 1. The van der Waals surface area contributed by atoms with Crippen molar-refractivity contribution in [2.75, 3.05) is 26.3 Å². The number of thiazole rings is 1. The molecule has 0 N–H and O–H groups in total. The molecule has 1 saturated heterocycles. The standard InChI is InChI=1S/C31H30ClF3N8O6S2/c1-3-48-25(44)16-40-15-20(13-37-40)51(46,47)43(17-26(45)49-4-2)19-12-24-27(23-7-9-42(39-23)31(34)35)28(21-6-5-18(33)11-22(21)32)38-29(41(24)14-19)30-36-8-10-50-30/h5-11,13,15,19,28,31H,3-4,12,14,16-17H2,1-2H3/t19-,28-/m0/s1. The summed E-state index contributed by atoms with van der Waals surface area (Å²) in [6.07, 6.45) is 4.82. The van der Waals surface area contributed by atoms with E-state index in [0.717, 1.165) is 33.6 Å². The van der Waals surface area contributed by atoms with Crippen molar-refractivity contribution in [2.24, 2.45) is 4.99 Å². The highest BCUT2D eigenvalue weighted by Gasteiger charge is 2.46. The molecule has 1 aromatic carbocycles. The number of alkyl halides is 2. The van der Waals surface area contributed by atoms with E-state index in [0.29, 0.717) is 32.4 Å². The number of carbonyl (C=O) groups excluding carboxylic acids is 2. The Morgan fingerprint density at radius 2 is 1.92 bits per heavy atom. The molecule has 51 heavy (non-hydrogen) atoms. The van der Waals surface area contributed by atoms with E-state index in [1.54, 1.807) is 30.3 Å². The highest BCUT2D eigenvalue weighted by Crippen LogP contribution is 2.47. The summed E-state index contributed by atoms with van der Waals surface area (Å²) in [6, 6.07) is 3.15. The van der Waals surface area contributed by atoms with Crippen LogP contribution < -0.4 is 0 Å². The van der Waals surface area contributed by atoms with E-state index in [1.807, 2.05) is 0 Å². The highest BCUT2D eigenvalue weighted by molar-refractivity contribution is 7.89. The molecule has 0 aliphatic carbocycles. The first-order valence-corrected chi connectivity index (χ1v) is 18.2. The number of sulfonamides is 1. The molecule has 3 aromatic heterocycles. The number of rotatable bonds is 13. The number of hydrogen-bond acceptors (Lipinski definition) is 12. The molecular weight excluding hydrogens is 737 g/mol. The zero-order valence-electron chi connectivity index (χ0n) is 27.0. The molecule has 0 radical (unpaired) electrons. The van der Waals surface area contributed by atoms with Gasteiger partial charge >= 0.3 is 18.5 Å². The second kappa shape index (κ2) is 14.9. The Bertz CT molecular complexity index is 2100. The van der Waals surface area contributed by atoms with E-state index in [9.17, 15) is 31.2 Å². The van der Waals surface area contributed by atoms with E-state index in [4.69, 9.17) is 26.1 Å². The van der Waals surface area contributed by atoms with Gasteiger partial charge in [-0.15, -0.1) is 11.3 Å². The van der Waals surface area contributed by atoms with Crippen LogP contribution in [0.2, 0.25) is 5.02 Å². The number of benzene rings is 1. The van der Waals surface area contributed by atoms with Gasteiger partial charge in [0, 0.05) is 64.8 Å². The summed E-state index contributed by atoms with van der Waals surface area (Å²) in [5, 5.41) is 10.3. The number of esters is 2. The third-order valence-corrected chi connectivity index (χ3v) is 11.0. The maximum Gasteiger partial charge on any atom is 0.333 e. The normalized spacial score (nSPS) is 17.6. The van der Waals surface area contributed by atoms with Crippen molar-refractivity contribution in [1.29, 1.82) is 0 Å². The Kier molecular flexibility index (Phi) is 10.6. The number of halogens is 4. The molecule has 270 valence electrons. The van der Waals surface area contributed by atoms with Gasteiger partial charge in [-0.05, 0) is 32.0 Å². The summed E-state index contributed by atoms with van der Waals surface area (Å²) in [5.74, 6) is -1.73. The number of nitrogens with zero attached hydrogens (tertiary/aromatic N) is 8. The van der Waals surface area contributed by atoms with Crippen LogP contribution in [0.4, 0.5) is 13.2 Å². The van der Waals surface area contributed by atoms with Crippen LogP contribution in [0.3, 0.4) is 0 Å². The monoisotopic (exact) mass is 766 g/mol. The van der Waals surface area contributed by atoms with Crippen molar-refractivity contribution >= 4 is 56.3 Å². The van der Waals surface area contributed by atoms with Crippen LogP contribution >= 0.6 is 22.9 Å². The molecule has 2 aliphatic rings. The smallest absolute Gasteiger partial charge is 0.333 e. The Labute approximate surface area is 298 Å². The zero-order chi connectivity index (χ0) is 36.4. The lowest BCUT2D eigenvalue weighted by Crippen LogP contribution is -2.45. The number of carbonyl (C=O) groups is 2. The quantitative estimate of drug-likeness (QED) is 0.178. The van der Waals surface area contributed by atoms with Crippen LogP contribution in [0.15, 0.2) is 70.0 Å². The van der Waals surface area contributed by atoms with Crippen LogP contribution in [0.5, 0.6) is 0 Å². The minimum Gasteiger partial charge on any atom is -0.465 e. The maximum atomic E-state index is 14.3. The molecule has 6 rings (SSSR count). The van der Waals surface area contributed by atoms with Gasteiger partial charge < -0.3 is 14.4 Å². The Morgan fingerprint density at radius 3 is 2.59 bits per heavy atom. The number of ether oxygens (including phenoxy) is 2. The third-order valence-electron chi connectivity index (χ3n) is 8.01. The molecule has 0 amide bonds. The first-order valence-electron chi connectivity index (χ1n) is 15.5. The lowest BCUT2D eigenvalue weighted by molar-refractivity contribution is -0.144. The van der Waals surface area contributed by atoms with Gasteiger partial charge in [-0.25, -0.2) is 22.5 Å². The van der Waals surface area contributed by atoms with E-state index < -0.39 is 53.0 Å². The first kappa shape index (κ1) is 36.2. The van der Waals surface area contributed by atoms with Gasteiger partial charge in [0.25, 0.3) is 0 Å². The number of amidine groups is 1. The fraction of sp³-hybridized carbons (Fsp3) is 0.355. The summed E-state index contributed by atoms with van der Waals surface area (Å²) in [7, 11) is -4.49. The van der Waals surface area contributed by atoms with Crippen molar-refractivity contribution in [3.63, 3.8) is 0 Å². The van der Waals surface area contributed by atoms with Crippen LogP contribution in [0, 0.1) is 5.82 Å².